The number of para-hydroxylation sites is 6. The molecule has 0 radical (unpaired) electrons. The molecule has 0 bridgehead atoms. The lowest BCUT2D eigenvalue weighted by atomic mass is 9.33. The molecule has 2 aliphatic heterocycles. The van der Waals surface area contributed by atoms with E-state index in [0.29, 0.717) is 71.5 Å². The molecule has 21 rings (SSSR count). The second-order valence-corrected chi connectivity index (χ2v) is 27.7. The lowest BCUT2D eigenvalue weighted by Crippen LogP contribution is -2.60. The molecule has 2 aliphatic rings. The van der Waals surface area contributed by atoms with E-state index >= 15 is 0 Å². The predicted molar refractivity (Wildman–Crippen MR) is 447 cm³/mol. The molecule has 0 amide bonds. The summed E-state index contributed by atoms with van der Waals surface area (Å²) in [5.41, 5.74) is 4.64. The minimum absolute atomic E-state index is 0.0119. The molecular formula is C100H69BN4. The van der Waals surface area contributed by atoms with Crippen LogP contribution in [-0.2, 0) is 5.41 Å². The molecule has 0 atom stereocenters. The van der Waals surface area contributed by atoms with E-state index in [-0.39, 0.29) is 117 Å². The molecule has 16 aromatic carbocycles. The molecule has 5 heterocycles. The fraction of sp³-hybridized carbons (Fsp3) is 0.0400. The van der Waals surface area contributed by atoms with Crippen LogP contribution >= 0.6 is 0 Å². The zero-order chi connectivity index (χ0) is 88.7. The van der Waals surface area contributed by atoms with Gasteiger partial charge in [-0.25, -0.2) is 0 Å². The lowest BCUT2D eigenvalue weighted by molar-refractivity contribution is 0.590. The predicted octanol–water partition coefficient (Wildman–Crippen LogP) is 24.7. The normalized spacial score (nSPS) is 15.4. The molecule has 492 valence electrons. The fourth-order valence-corrected chi connectivity index (χ4v) is 16.3. The topological polar surface area (TPSA) is 18.0 Å². The Hall–Kier alpha value is -13.2. The van der Waals surface area contributed by atoms with Crippen LogP contribution in [0.15, 0.2) is 363 Å². The highest BCUT2D eigenvalue weighted by atomic mass is 15.2. The summed E-state index contributed by atoms with van der Waals surface area (Å²) in [6.07, 6.45) is 0. The van der Waals surface area contributed by atoms with Gasteiger partial charge in [0.1, 0.15) is 0 Å². The zero-order valence-electron chi connectivity index (χ0n) is 78.8. The van der Waals surface area contributed by atoms with Gasteiger partial charge in [-0.2, -0.15) is 0 Å². The summed E-state index contributed by atoms with van der Waals surface area (Å²) in [6.45, 7) is 3.98. The zero-order valence-corrected chi connectivity index (χ0v) is 56.8. The van der Waals surface area contributed by atoms with Gasteiger partial charge >= 0.3 is 0 Å². The Bertz CT molecular complexity index is 8030. The number of anilines is 3. The quantitative estimate of drug-likeness (QED) is 0.139. The Balaban J connectivity index is 1.08. The van der Waals surface area contributed by atoms with Crippen molar-refractivity contribution in [3.8, 4) is 72.7 Å². The molecule has 3 aromatic heterocycles. The Kier molecular flexibility index (Phi) is 9.53. The minimum atomic E-state index is -1.71. The molecule has 0 N–H and O–H groups in total. The van der Waals surface area contributed by atoms with Crippen LogP contribution < -0.4 is 21.3 Å². The van der Waals surface area contributed by atoms with Crippen molar-refractivity contribution in [3.05, 3.63) is 369 Å². The van der Waals surface area contributed by atoms with Gasteiger partial charge in [0.05, 0.1) is 74.6 Å². The van der Waals surface area contributed by atoms with Crippen molar-refractivity contribution in [2.24, 2.45) is 0 Å². The standard InChI is InChI=1S/C100H69BN4/c1-100(2,3)71-61-93-96-94(62-71)105-98-73(66-33-11-6-12-34-66)47-28-50-84(98)78-41-14-13-39-76(78)77-40-15-16-46-83(77)95-91(103-89-53-23-19-44-81(89)82-45-20-24-54-90(82)103)58-57-86(99(95)105)101(96)85-56-55-72(102-87-51-21-17-42-79(87)80-43-18-22-52-88(80)102)63-92(85)104(93)97-74(69-37-25-35-67(59-69)64-29-7-4-8-30-64)48-27-49-75(97)70-38-26-36-68(60-70)65-31-9-5-10-32-65/h4-63H,1-3H3/i17D,18D,19D,20D,21D,22D,23D,24D,42D,43D,44D,45D,51D,52D,53D,54D,55D,56D,57D,58D,61D,62D. The molecule has 5 heteroatoms. The van der Waals surface area contributed by atoms with Crippen molar-refractivity contribution >= 4 is 127 Å². The van der Waals surface area contributed by atoms with Crippen LogP contribution in [0, 0.1) is 0 Å². The van der Waals surface area contributed by atoms with E-state index in [1.807, 2.05) is 236 Å². The Morgan fingerprint density at radius 3 is 1.29 bits per heavy atom. The molecule has 19 aromatic rings. The van der Waals surface area contributed by atoms with E-state index in [1.165, 1.54) is 9.13 Å². The summed E-state index contributed by atoms with van der Waals surface area (Å²) >= 11 is 0. The molecule has 0 aliphatic carbocycles. The highest BCUT2D eigenvalue weighted by Gasteiger charge is 2.44. The van der Waals surface area contributed by atoms with Gasteiger partial charge < -0.3 is 18.6 Å². The summed E-state index contributed by atoms with van der Waals surface area (Å²) in [7, 11) is 0. The summed E-state index contributed by atoms with van der Waals surface area (Å²) in [5.74, 6) is 0. The number of hydrogen-bond donors (Lipinski definition) is 0. The van der Waals surface area contributed by atoms with Crippen LogP contribution in [0.5, 0.6) is 0 Å². The van der Waals surface area contributed by atoms with E-state index in [4.69, 9.17) is 0 Å². The Morgan fingerprint density at radius 1 is 0.295 bits per heavy atom. The van der Waals surface area contributed by atoms with Crippen molar-refractivity contribution < 1.29 is 30.2 Å². The van der Waals surface area contributed by atoms with Crippen LogP contribution in [0.1, 0.15) is 56.5 Å². The molecule has 0 unspecified atom stereocenters. The van der Waals surface area contributed by atoms with Crippen LogP contribution in [0.25, 0.3) is 160 Å². The number of hydrogen-bond acceptors (Lipinski definition) is 1. The fourth-order valence-electron chi connectivity index (χ4n) is 16.3. The first-order valence-electron chi connectivity index (χ1n) is 45.9. The number of aromatic nitrogens is 3. The average molecular weight is 1360 g/mol. The lowest BCUT2D eigenvalue weighted by Gasteiger charge is -2.43. The van der Waals surface area contributed by atoms with Gasteiger partial charge in [-0.05, 0) is 154 Å². The molecule has 105 heavy (non-hydrogen) atoms. The number of fused-ring (bicyclic) bond motifs is 17. The van der Waals surface area contributed by atoms with Gasteiger partial charge in [-0.15, -0.1) is 0 Å². The van der Waals surface area contributed by atoms with Crippen molar-refractivity contribution in [3.63, 3.8) is 0 Å². The largest absolute Gasteiger partial charge is 0.310 e. The third-order valence-corrected chi connectivity index (χ3v) is 20.8. The van der Waals surface area contributed by atoms with E-state index in [1.54, 1.807) is 12.1 Å². The molecular weight excluding hydrogens is 1270 g/mol. The molecule has 0 saturated heterocycles. The number of rotatable bonds is 8. The van der Waals surface area contributed by atoms with Gasteiger partial charge in [0.2, 0.25) is 0 Å². The van der Waals surface area contributed by atoms with Gasteiger partial charge in [0, 0.05) is 71.8 Å². The first-order chi connectivity index (χ1) is 61.0. The summed E-state index contributed by atoms with van der Waals surface area (Å²) in [4.78, 5) is 1.87. The highest BCUT2D eigenvalue weighted by Crippen LogP contribution is 2.52. The molecule has 0 saturated carbocycles. The highest BCUT2D eigenvalue weighted by molar-refractivity contribution is 7.00. The molecule has 0 spiro atoms. The molecule has 4 nitrogen and oxygen atoms in total. The van der Waals surface area contributed by atoms with Crippen LogP contribution in [0.3, 0.4) is 0 Å². The first-order valence-corrected chi connectivity index (χ1v) is 34.9. The average Bonchev–Trinajstić information content (AvgIpc) is 1.62. The SMILES string of the molecule is [2H]c1c(-n2c3c([2H])c([2H])c([2H])c([2H])c3c3c([2H])c([2H])c([2H])c([2H])c32)cc2c(c1[2H])B1c3c(c([2H])c(C(C)(C)C)c([2H])c3-n3c4c(-c5ccccc5)cccc4c4ccccc4c4ccccc4c4c(-n5c6c([2H])c([2H])c([2H])c([2H])c6c6c([2H])c([2H])c([2H])c([2H])c65)c([2H])c([2H])c1c43)N2c1c(-c2cccc(-c3ccccc3)c2)cccc1-c1cccc(-c2ccccc2)c1. The van der Waals surface area contributed by atoms with Crippen LogP contribution in [-0.4, -0.2) is 20.4 Å². The van der Waals surface area contributed by atoms with Crippen molar-refractivity contribution in [1.82, 2.24) is 13.7 Å². The second kappa shape index (κ2) is 23.7. The molecule has 0 fully saturated rings. The Morgan fingerprint density at radius 2 is 0.724 bits per heavy atom. The van der Waals surface area contributed by atoms with Crippen molar-refractivity contribution in [2.75, 3.05) is 4.90 Å². The summed E-state index contributed by atoms with van der Waals surface area (Å²) < 4.78 is 228. The first kappa shape index (κ1) is 42.3. The van der Waals surface area contributed by atoms with Crippen molar-refractivity contribution in [1.29, 1.82) is 0 Å². The third kappa shape index (κ3) is 9.34. The monoisotopic (exact) mass is 1360 g/mol. The maximum atomic E-state index is 11.8. The van der Waals surface area contributed by atoms with Gasteiger partial charge in [0.15, 0.2) is 0 Å². The van der Waals surface area contributed by atoms with E-state index in [0.717, 1.165) is 22.3 Å². The van der Waals surface area contributed by atoms with Crippen molar-refractivity contribution in [2.45, 2.75) is 26.2 Å². The smallest absolute Gasteiger partial charge is 0.252 e. The number of nitrogens with zero attached hydrogens (tertiary/aromatic N) is 4. The van der Waals surface area contributed by atoms with Crippen LogP contribution in [0.2, 0.25) is 0 Å². The second-order valence-electron chi connectivity index (χ2n) is 27.7. The van der Waals surface area contributed by atoms with E-state index < -0.39 is 133 Å². The summed E-state index contributed by atoms with van der Waals surface area (Å²) in [5, 5.41) is 1.43. The van der Waals surface area contributed by atoms with E-state index in [2.05, 4.69) is 12.1 Å². The van der Waals surface area contributed by atoms with Crippen LogP contribution in [0.4, 0.5) is 17.1 Å². The minimum Gasteiger partial charge on any atom is -0.310 e. The van der Waals surface area contributed by atoms with E-state index in [9.17, 15) is 30.2 Å². The summed E-state index contributed by atoms with van der Waals surface area (Å²) in [6, 6.07) is 59.0. The maximum Gasteiger partial charge on any atom is 0.252 e. The van der Waals surface area contributed by atoms with Gasteiger partial charge in [-0.1, -0.05) is 318 Å². The Labute approximate surface area is 641 Å². The van der Waals surface area contributed by atoms with Gasteiger partial charge in [-0.3, -0.25) is 0 Å². The number of benzene rings is 16. The third-order valence-electron chi connectivity index (χ3n) is 20.8. The maximum absolute atomic E-state index is 11.8. The van der Waals surface area contributed by atoms with Gasteiger partial charge in [0.25, 0.3) is 6.71 Å².